The maximum atomic E-state index is 13.3. The number of carbonyl (C=O) groups excluding carboxylic acids is 1. The first kappa shape index (κ1) is 23.3. The van der Waals surface area contributed by atoms with Crippen molar-refractivity contribution in [3.63, 3.8) is 0 Å². The van der Waals surface area contributed by atoms with Crippen molar-refractivity contribution in [1.82, 2.24) is 5.32 Å². The Morgan fingerprint density at radius 3 is 2.30 bits per heavy atom. The van der Waals surface area contributed by atoms with Crippen LogP contribution in [0.25, 0.3) is 0 Å². The molecule has 4 rings (SSSR count). The molecule has 5 heteroatoms. The molecule has 2 fully saturated rings. The van der Waals surface area contributed by atoms with Gasteiger partial charge in [0, 0.05) is 18.8 Å². The SMILES string of the molecule is CCC1(CN(C(=O)NCC2(O)CCC2)c2ccc(C#N)cc2)CCC(c2ccccc2)CC1. The minimum absolute atomic E-state index is 0.0594. The molecule has 0 bridgehead atoms. The van der Waals surface area contributed by atoms with E-state index in [4.69, 9.17) is 0 Å². The number of nitrogens with zero attached hydrogens (tertiary/aromatic N) is 2. The van der Waals surface area contributed by atoms with E-state index in [2.05, 4.69) is 48.6 Å². The molecule has 0 spiro atoms. The number of benzene rings is 2. The average molecular weight is 446 g/mol. The molecule has 2 aromatic rings. The van der Waals surface area contributed by atoms with Crippen LogP contribution in [0.2, 0.25) is 0 Å². The highest BCUT2D eigenvalue weighted by Gasteiger charge is 2.39. The monoisotopic (exact) mass is 445 g/mol. The van der Waals surface area contributed by atoms with Gasteiger partial charge >= 0.3 is 6.03 Å². The summed E-state index contributed by atoms with van der Waals surface area (Å²) in [6.45, 7) is 3.16. The Labute approximate surface area is 197 Å². The number of nitriles is 1. The number of hydrogen-bond donors (Lipinski definition) is 2. The third-order valence-corrected chi connectivity index (χ3v) is 7.97. The van der Waals surface area contributed by atoms with Crippen molar-refractivity contribution >= 4 is 11.7 Å². The van der Waals surface area contributed by atoms with Gasteiger partial charge in [-0.1, -0.05) is 37.3 Å². The molecule has 0 aliphatic heterocycles. The van der Waals surface area contributed by atoms with Gasteiger partial charge in [0.05, 0.1) is 17.2 Å². The fourth-order valence-electron chi connectivity index (χ4n) is 5.34. The zero-order chi connectivity index (χ0) is 23.3. The highest BCUT2D eigenvalue weighted by molar-refractivity contribution is 5.92. The topological polar surface area (TPSA) is 76.4 Å². The van der Waals surface area contributed by atoms with Crippen LogP contribution in [-0.2, 0) is 0 Å². The van der Waals surface area contributed by atoms with Crippen LogP contribution in [0.3, 0.4) is 0 Å². The van der Waals surface area contributed by atoms with Crippen molar-refractivity contribution in [2.24, 2.45) is 5.41 Å². The van der Waals surface area contributed by atoms with Gasteiger partial charge in [0.2, 0.25) is 0 Å². The second-order valence-electron chi connectivity index (χ2n) is 10.0. The first-order valence-electron chi connectivity index (χ1n) is 12.3. The Bertz CT molecular complexity index is 968. The van der Waals surface area contributed by atoms with Crippen LogP contribution in [0.4, 0.5) is 10.5 Å². The first-order valence-corrected chi connectivity index (χ1v) is 12.3. The second kappa shape index (κ2) is 9.97. The Morgan fingerprint density at radius 2 is 1.76 bits per heavy atom. The highest BCUT2D eigenvalue weighted by atomic mass is 16.3. The number of amides is 2. The predicted octanol–water partition coefficient (Wildman–Crippen LogP) is 5.74. The van der Waals surface area contributed by atoms with E-state index in [1.54, 1.807) is 12.1 Å². The average Bonchev–Trinajstić information content (AvgIpc) is 2.85. The number of aliphatic hydroxyl groups is 1. The van der Waals surface area contributed by atoms with Gasteiger partial charge in [0.1, 0.15) is 0 Å². The molecule has 2 aliphatic rings. The fourth-order valence-corrected chi connectivity index (χ4v) is 5.34. The molecule has 174 valence electrons. The van der Waals surface area contributed by atoms with Crippen molar-refractivity contribution in [3.05, 3.63) is 65.7 Å². The summed E-state index contributed by atoms with van der Waals surface area (Å²) < 4.78 is 0. The van der Waals surface area contributed by atoms with E-state index in [0.717, 1.165) is 57.1 Å². The lowest BCUT2D eigenvalue weighted by Crippen LogP contribution is -2.53. The second-order valence-corrected chi connectivity index (χ2v) is 10.0. The molecule has 0 heterocycles. The van der Waals surface area contributed by atoms with Gasteiger partial charge in [-0.3, -0.25) is 4.90 Å². The van der Waals surface area contributed by atoms with Gasteiger partial charge in [-0.05, 0) is 92.5 Å². The molecule has 0 aromatic heterocycles. The molecule has 5 nitrogen and oxygen atoms in total. The summed E-state index contributed by atoms with van der Waals surface area (Å²) in [7, 11) is 0. The maximum Gasteiger partial charge on any atom is 0.321 e. The van der Waals surface area contributed by atoms with Crippen LogP contribution in [0.1, 0.15) is 75.3 Å². The number of hydrogen-bond acceptors (Lipinski definition) is 3. The normalized spacial score (nSPS) is 23.7. The molecule has 2 aliphatic carbocycles. The van der Waals surface area contributed by atoms with Crippen LogP contribution in [0.15, 0.2) is 54.6 Å². The van der Waals surface area contributed by atoms with Crippen molar-refractivity contribution in [2.45, 2.75) is 69.8 Å². The molecule has 0 radical (unpaired) electrons. The molecule has 2 N–H and O–H groups in total. The fraction of sp³-hybridized carbons (Fsp3) is 0.500. The molecule has 2 saturated carbocycles. The molecule has 2 amide bonds. The van der Waals surface area contributed by atoms with Gasteiger partial charge in [0.25, 0.3) is 0 Å². The van der Waals surface area contributed by atoms with Crippen molar-refractivity contribution < 1.29 is 9.90 Å². The number of anilines is 1. The molecule has 0 unspecified atom stereocenters. The Balaban J connectivity index is 1.50. The summed E-state index contributed by atoms with van der Waals surface area (Å²) in [4.78, 5) is 15.2. The van der Waals surface area contributed by atoms with Crippen LogP contribution in [0, 0.1) is 16.7 Å². The number of nitrogens with one attached hydrogen (secondary N) is 1. The van der Waals surface area contributed by atoms with Crippen LogP contribution < -0.4 is 10.2 Å². The van der Waals surface area contributed by atoms with Crippen molar-refractivity contribution in [1.29, 1.82) is 5.26 Å². The van der Waals surface area contributed by atoms with E-state index < -0.39 is 5.60 Å². The standard InChI is InChI=1S/C28H35N3O2/c1-2-27(17-13-24(14-18-27)23-7-4-3-5-8-23)21-31(25-11-9-22(19-29)10-12-25)26(32)30-20-28(33)15-6-16-28/h3-5,7-12,24,33H,2,6,13-18,20-21H2,1H3,(H,30,32). The van der Waals surface area contributed by atoms with Gasteiger partial charge < -0.3 is 10.4 Å². The number of rotatable bonds is 7. The zero-order valence-electron chi connectivity index (χ0n) is 19.6. The lowest BCUT2D eigenvalue weighted by Gasteiger charge is -2.43. The summed E-state index contributed by atoms with van der Waals surface area (Å²) in [6.07, 6.45) is 7.90. The molecule has 2 aromatic carbocycles. The third kappa shape index (κ3) is 5.39. The van der Waals surface area contributed by atoms with Gasteiger partial charge in [-0.15, -0.1) is 0 Å². The quantitative estimate of drug-likeness (QED) is 0.570. The van der Waals surface area contributed by atoms with E-state index in [1.807, 2.05) is 17.0 Å². The first-order chi connectivity index (χ1) is 16.0. The summed E-state index contributed by atoms with van der Waals surface area (Å²) >= 11 is 0. The Hall–Kier alpha value is -2.84. The van der Waals surface area contributed by atoms with Crippen LogP contribution in [-0.4, -0.2) is 29.8 Å². The largest absolute Gasteiger partial charge is 0.388 e. The summed E-state index contributed by atoms with van der Waals surface area (Å²) in [5, 5.41) is 22.6. The highest BCUT2D eigenvalue weighted by Crippen LogP contribution is 2.46. The van der Waals surface area contributed by atoms with E-state index in [0.29, 0.717) is 18.0 Å². The summed E-state index contributed by atoms with van der Waals surface area (Å²) in [6, 6.07) is 20.0. The van der Waals surface area contributed by atoms with Crippen LogP contribution >= 0.6 is 0 Å². The summed E-state index contributed by atoms with van der Waals surface area (Å²) in [5.74, 6) is 0.580. The maximum absolute atomic E-state index is 13.3. The zero-order valence-corrected chi connectivity index (χ0v) is 19.6. The van der Waals surface area contributed by atoms with E-state index in [9.17, 15) is 15.2 Å². The predicted molar refractivity (Wildman–Crippen MR) is 131 cm³/mol. The smallest absolute Gasteiger partial charge is 0.321 e. The Morgan fingerprint density at radius 1 is 1.09 bits per heavy atom. The lowest BCUT2D eigenvalue weighted by molar-refractivity contribution is -0.0289. The van der Waals surface area contributed by atoms with Gasteiger partial charge in [-0.2, -0.15) is 5.26 Å². The third-order valence-electron chi connectivity index (χ3n) is 7.97. The molecular formula is C28H35N3O2. The van der Waals surface area contributed by atoms with Crippen LogP contribution in [0.5, 0.6) is 0 Å². The van der Waals surface area contributed by atoms with E-state index in [1.165, 1.54) is 5.56 Å². The van der Waals surface area contributed by atoms with Crippen molar-refractivity contribution in [2.75, 3.05) is 18.0 Å². The molecule has 0 saturated heterocycles. The van der Waals surface area contributed by atoms with E-state index in [-0.39, 0.29) is 18.0 Å². The number of urea groups is 1. The van der Waals surface area contributed by atoms with Gasteiger partial charge in [0.15, 0.2) is 0 Å². The van der Waals surface area contributed by atoms with Gasteiger partial charge in [-0.25, -0.2) is 4.79 Å². The molecule has 0 atom stereocenters. The molecule has 33 heavy (non-hydrogen) atoms. The lowest BCUT2D eigenvalue weighted by atomic mass is 9.67. The molecular weight excluding hydrogens is 410 g/mol. The van der Waals surface area contributed by atoms with E-state index >= 15 is 0 Å². The Kier molecular flexibility index (Phi) is 7.05. The number of carbonyl (C=O) groups is 1. The van der Waals surface area contributed by atoms with Crippen molar-refractivity contribution in [3.8, 4) is 6.07 Å². The minimum atomic E-state index is -0.762. The summed E-state index contributed by atoms with van der Waals surface area (Å²) in [5.41, 5.74) is 2.09. The minimum Gasteiger partial charge on any atom is -0.388 e.